The lowest BCUT2D eigenvalue weighted by Crippen LogP contribution is -2.44. The first-order valence-electron chi connectivity index (χ1n) is 9.37. The highest BCUT2D eigenvalue weighted by Crippen LogP contribution is 2.26. The Kier molecular flexibility index (Phi) is 5.72. The van der Waals surface area contributed by atoms with Crippen molar-refractivity contribution in [3.8, 4) is 0 Å². The molecule has 0 radical (unpaired) electrons. The molecular weight excluding hydrogens is 408 g/mol. The number of hydrogen-bond donors (Lipinski definition) is 2. The van der Waals surface area contributed by atoms with Crippen LogP contribution in [0.4, 0.5) is 5.13 Å². The van der Waals surface area contributed by atoms with Crippen molar-refractivity contribution in [3.05, 3.63) is 51.4 Å². The number of nitrogens with one attached hydrogen (secondary N) is 2. The molecule has 10 nitrogen and oxygen atoms in total. The second-order valence-electron chi connectivity index (χ2n) is 6.71. The molecule has 2 amide bonds. The molecule has 1 aromatic carbocycles. The van der Waals surface area contributed by atoms with Gasteiger partial charge >= 0.3 is 0 Å². The van der Waals surface area contributed by atoms with Gasteiger partial charge in [0.15, 0.2) is 5.13 Å². The number of aromatic nitrogens is 3. The highest BCUT2D eigenvalue weighted by atomic mass is 32.1. The van der Waals surface area contributed by atoms with E-state index in [1.807, 2.05) is 6.07 Å². The number of thiazole rings is 1. The van der Waals surface area contributed by atoms with E-state index in [0.717, 1.165) is 22.9 Å². The summed E-state index contributed by atoms with van der Waals surface area (Å²) in [6.07, 6.45) is 1.52. The van der Waals surface area contributed by atoms with Crippen LogP contribution in [0.5, 0.6) is 0 Å². The van der Waals surface area contributed by atoms with Crippen molar-refractivity contribution < 1.29 is 14.3 Å². The predicted molar refractivity (Wildman–Crippen MR) is 111 cm³/mol. The molecule has 2 N–H and O–H groups in total. The van der Waals surface area contributed by atoms with Gasteiger partial charge in [-0.25, -0.2) is 9.67 Å². The van der Waals surface area contributed by atoms with Crippen molar-refractivity contribution >= 4 is 39.1 Å². The lowest BCUT2D eigenvalue weighted by Gasteiger charge is -2.25. The number of benzene rings is 1. The third-order valence-corrected chi connectivity index (χ3v) is 5.86. The van der Waals surface area contributed by atoms with E-state index in [9.17, 15) is 14.4 Å². The van der Waals surface area contributed by atoms with E-state index in [0.29, 0.717) is 34.6 Å². The van der Waals surface area contributed by atoms with Gasteiger partial charge in [0.25, 0.3) is 17.4 Å². The van der Waals surface area contributed by atoms with Crippen molar-refractivity contribution in [1.82, 2.24) is 25.6 Å². The average Bonchev–Trinajstić information content (AvgIpc) is 3.16. The molecule has 3 aromatic rings. The zero-order valence-electron chi connectivity index (χ0n) is 16.3. The van der Waals surface area contributed by atoms with Gasteiger partial charge in [0.1, 0.15) is 11.4 Å². The van der Waals surface area contributed by atoms with E-state index in [1.54, 1.807) is 25.1 Å². The Morgan fingerprint density at radius 3 is 2.77 bits per heavy atom. The summed E-state index contributed by atoms with van der Waals surface area (Å²) in [5.74, 6) is -1.03. The van der Waals surface area contributed by atoms with E-state index in [1.165, 1.54) is 17.5 Å². The van der Waals surface area contributed by atoms with Crippen molar-refractivity contribution in [2.45, 2.75) is 13.5 Å². The highest BCUT2D eigenvalue weighted by Gasteiger charge is 2.21. The van der Waals surface area contributed by atoms with Crippen LogP contribution in [0.25, 0.3) is 10.8 Å². The summed E-state index contributed by atoms with van der Waals surface area (Å²) in [5, 5.41) is 5.93. The first-order valence-corrected chi connectivity index (χ1v) is 10.2. The molecule has 1 aliphatic rings. The number of aryl methyl sites for hydroxylation is 1. The van der Waals surface area contributed by atoms with Gasteiger partial charge in [0, 0.05) is 18.5 Å². The molecule has 4 rings (SSSR count). The minimum atomic E-state index is -0.566. The first-order chi connectivity index (χ1) is 14.5. The lowest BCUT2D eigenvalue weighted by atomic mass is 10.2. The van der Waals surface area contributed by atoms with Crippen molar-refractivity contribution in [3.63, 3.8) is 0 Å². The van der Waals surface area contributed by atoms with E-state index < -0.39 is 11.8 Å². The largest absolute Gasteiger partial charge is 0.378 e. The molecule has 0 unspecified atom stereocenters. The molecule has 156 valence electrons. The average molecular weight is 428 g/mol. The molecule has 3 heterocycles. The van der Waals surface area contributed by atoms with Gasteiger partial charge < -0.3 is 9.64 Å². The molecule has 0 bridgehead atoms. The molecule has 0 saturated carbocycles. The van der Waals surface area contributed by atoms with Crippen LogP contribution in [-0.4, -0.2) is 52.9 Å². The Morgan fingerprint density at radius 1 is 1.20 bits per heavy atom. The van der Waals surface area contributed by atoms with Gasteiger partial charge in [-0.2, -0.15) is 5.10 Å². The van der Waals surface area contributed by atoms with Gasteiger partial charge in [0.2, 0.25) is 0 Å². The molecule has 1 saturated heterocycles. The molecular formula is C19H20N6O4S. The van der Waals surface area contributed by atoms with Gasteiger partial charge in [-0.3, -0.25) is 25.2 Å². The van der Waals surface area contributed by atoms with Crippen molar-refractivity contribution in [2.75, 3.05) is 31.2 Å². The Labute approximate surface area is 175 Å². The smallest absolute Gasteiger partial charge is 0.281 e. The molecule has 11 heteroatoms. The maximum atomic E-state index is 12.5. The minimum absolute atomic E-state index is 0.315. The van der Waals surface area contributed by atoms with E-state index in [4.69, 9.17) is 4.74 Å². The Balaban J connectivity index is 1.38. The standard InChI is InChI=1S/C19H20N6O4S/c1-12-16(30-19(21-12)24-6-8-29-9-7-24)17(27)23-22-15(26)11-25-18(28)14-5-3-2-4-13(14)10-20-25/h2-5,10H,6-9,11H2,1H3,(H,22,26)(H,23,27). The number of rotatable bonds is 4. The molecule has 30 heavy (non-hydrogen) atoms. The number of hydrazine groups is 1. The molecule has 0 atom stereocenters. The van der Waals surface area contributed by atoms with Crippen LogP contribution in [0.15, 0.2) is 35.3 Å². The third kappa shape index (κ3) is 4.16. The number of amides is 2. The number of hydrogen-bond acceptors (Lipinski definition) is 8. The quantitative estimate of drug-likeness (QED) is 0.580. The maximum absolute atomic E-state index is 12.5. The van der Waals surface area contributed by atoms with Crippen LogP contribution < -0.4 is 21.3 Å². The van der Waals surface area contributed by atoms with E-state index in [-0.39, 0.29) is 12.1 Å². The fraction of sp³-hybridized carbons (Fsp3) is 0.316. The maximum Gasteiger partial charge on any atom is 0.281 e. The Bertz CT molecular complexity index is 1150. The van der Waals surface area contributed by atoms with Crippen molar-refractivity contribution in [1.29, 1.82) is 0 Å². The summed E-state index contributed by atoms with van der Waals surface area (Å²) >= 11 is 1.26. The summed E-state index contributed by atoms with van der Waals surface area (Å²) in [4.78, 5) is 44.1. The zero-order chi connectivity index (χ0) is 21.1. The Morgan fingerprint density at radius 2 is 1.97 bits per heavy atom. The molecule has 0 aliphatic carbocycles. The lowest BCUT2D eigenvalue weighted by molar-refractivity contribution is -0.122. The number of fused-ring (bicyclic) bond motifs is 1. The highest BCUT2D eigenvalue weighted by molar-refractivity contribution is 7.17. The first kappa shape index (κ1) is 20.0. The minimum Gasteiger partial charge on any atom is -0.378 e. The summed E-state index contributed by atoms with van der Waals surface area (Å²) in [7, 11) is 0. The van der Waals surface area contributed by atoms with Gasteiger partial charge in [-0.15, -0.1) is 0 Å². The van der Waals surface area contributed by atoms with Gasteiger partial charge in [0.05, 0.1) is 30.5 Å². The second kappa shape index (κ2) is 8.59. The summed E-state index contributed by atoms with van der Waals surface area (Å²) in [6, 6.07) is 7.00. The molecule has 2 aromatic heterocycles. The van der Waals surface area contributed by atoms with E-state index >= 15 is 0 Å². The van der Waals surface area contributed by atoms with Crippen LogP contribution in [0, 0.1) is 6.92 Å². The van der Waals surface area contributed by atoms with Crippen LogP contribution in [0.3, 0.4) is 0 Å². The van der Waals surface area contributed by atoms with Crippen LogP contribution in [0.2, 0.25) is 0 Å². The van der Waals surface area contributed by atoms with Crippen LogP contribution in [-0.2, 0) is 16.1 Å². The number of nitrogens with zero attached hydrogens (tertiary/aromatic N) is 4. The summed E-state index contributed by atoms with van der Waals surface area (Å²) < 4.78 is 6.38. The summed E-state index contributed by atoms with van der Waals surface area (Å²) in [6.45, 7) is 4.12. The fourth-order valence-corrected chi connectivity index (χ4v) is 4.10. The van der Waals surface area contributed by atoms with E-state index in [2.05, 4.69) is 25.8 Å². The Hall–Kier alpha value is -3.31. The fourth-order valence-electron chi connectivity index (χ4n) is 3.08. The van der Waals surface area contributed by atoms with Gasteiger partial charge in [-0.05, 0) is 13.0 Å². The number of ether oxygens (including phenoxy) is 1. The number of anilines is 1. The van der Waals surface area contributed by atoms with Gasteiger partial charge in [-0.1, -0.05) is 29.5 Å². The van der Waals surface area contributed by atoms with Crippen LogP contribution in [0.1, 0.15) is 15.4 Å². The SMILES string of the molecule is Cc1nc(N2CCOCC2)sc1C(=O)NNC(=O)Cn1ncc2ccccc2c1=O. The van der Waals surface area contributed by atoms with Crippen molar-refractivity contribution in [2.24, 2.45) is 0 Å². The molecule has 1 aliphatic heterocycles. The normalized spacial score (nSPS) is 14.0. The number of morpholine rings is 1. The number of carbonyl (C=O) groups is 2. The van der Waals surface area contributed by atoms with Crippen LogP contribution >= 0.6 is 11.3 Å². The third-order valence-electron chi connectivity index (χ3n) is 4.64. The topological polar surface area (TPSA) is 118 Å². The summed E-state index contributed by atoms with van der Waals surface area (Å²) in [5.41, 5.74) is 4.92. The zero-order valence-corrected chi connectivity index (χ0v) is 17.1. The monoisotopic (exact) mass is 428 g/mol. The molecule has 1 fully saturated rings. The predicted octanol–water partition coefficient (Wildman–Crippen LogP) is 0.459. The molecule has 0 spiro atoms. The number of carbonyl (C=O) groups excluding carboxylic acids is 2. The second-order valence-corrected chi connectivity index (χ2v) is 7.68.